The standard InChI is InChI=1S/C12H26N2/c1-3-6-10(2)14-12-8-5-4-7-11(12)9-13/h10-12,14H,3-9,13H2,1-2H3. The highest BCUT2D eigenvalue weighted by Crippen LogP contribution is 2.24. The van der Waals surface area contributed by atoms with Gasteiger partial charge in [-0.2, -0.15) is 0 Å². The van der Waals surface area contributed by atoms with Crippen LogP contribution in [0.5, 0.6) is 0 Å². The topological polar surface area (TPSA) is 38.0 Å². The lowest BCUT2D eigenvalue weighted by molar-refractivity contribution is 0.247. The highest BCUT2D eigenvalue weighted by atomic mass is 15.0. The molecule has 1 saturated carbocycles. The van der Waals surface area contributed by atoms with Crippen molar-refractivity contribution in [2.24, 2.45) is 11.7 Å². The Bertz CT molecular complexity index is 147. The number of nitrogens with two attached hydrogens (primary N) is 1. The SMILES string of the molecule is CCCC(C)NC1CCCCC1CN. The van der Waals surface area contributed by atoms with Crippen molar-refractivity contribution in [3.63, 3.8) is 0 Å². The van der Waals surface area contributed by atoms with Crippen molar-refractivity contribution in [2.45, 2.75) is 64.5 Å². The van der Waals surface area contributed by atoms with Crippen molar-refractivity contribution in [3.05, 3.63) is 0 Å². The molecule has 0 bridgehead atoms. The first kappa shape index (κ1) is 12.0. The van der Waals surface area contributed by atoms with Crippen molar-refractivity contribution in [1.82, 2.24) is 5.32 Å². The number of hydrogen-bond acceptors (Lipinski definition) is 2. The van der Waals surface area contributed by atoms with E-state index in [0.29, 0.717) is 12.1 Å². The van der Waals surface area contributed by atoms with E-state index in [1.165, 1.54) is 38.5 Å². The van der Waals surface area contributed by atoms with E-state index < -0.39 is 0 Å². The number of nitrogens with one attached hydrogen (secondary N) is 1. The lowest BCUT2D eigenvalue weighted by Gasteiger charge is -2.33. The third kappa shape index (κ3) is 3.58. The second-order valence-electron chi connectivity index (χ2n) is 4.74. The summed E-state index contributed by atoms with van der Waals surface area (Å²) < 4.78 is 0. The Morgan fingerprint density at radius 1 is 1.36 bits per heavy atom. The molecule has 0 aliphatic heterocycles. The van der Waals surface area contributed by atoms with Crippen LogP contribution in [0.15, 0.2) is 0 Å². The molecule has 14 heavy (non-hydrogen) atoms. The molecular weight excluding hydrogens is 172 g/mol. The molecule has 1 aliphatic carbocycles. The maximum Gasteiger partial charge on any atom is 0.0110 e. The summed E-state index contributed by atoms with van der Waals surface area (Å²) in [5.74, 6) is 0.725. The molecule has 2 nitrogen and oxygen atoms in total. The molecule has 84 valence electrons. The fraction of sp³-hybridized carbons (Fsp3) is 1.00. The summed E-state index contributed by atoms with van der Waals surface area (Å²) >= 11 is 0. The summed E-state index contributed by atoms with van der Waals surface area (Å²) in [5.41, 5.74) is 5.80. The van der Waals surface area contributed by atoms with E-state index in [9.17, 15) is 0 Å². The van der Waals surface area contributed by atoms with E-state index in [1.807, 2.05) is 0 Å². The molecule has 1 aliphatic rings. The fourth-order valence-corrected chi connectivity index (χ4v) is 2.59. The third-order valence-electron chi connectivity index (χ3n) is 3.43. The molecule has 1 fully saturated rings. The van der Waals surface area contributed by atoms with Crippen LogP contribution < -0.4 is 11.1 Å². The van der Waals surface area contributed by atoms with E-state index in [0.717, 1.165) is 12.5 Å². The highest BCUT2D eigenvalue weighted by Gasteiger charge is 2.24. The number of hydrogen-bond donors (Lipinski definition) is 2. The van der Waals surface area contributed by atoms with Crippen LogP contribution in [0.3, 0.4) is 0 Å². The smallest absolute Gasteiger partial charge is 0.0110 e. The van der Waals surface area contributed by atoms with Crippen molar-refractivity contribution >= 4 is 0 Å². The minimum absolute atomic E-state index is 0.664. The van der Waals surface area contributed by atoms with Crippen LogP contribution in [0, 0.1) is 5.92 Å². The fourth-order valence-electron chi connectivity index (χ4n) is 2.59. The largest absolute Gasteiger partial charge is 0.330 e. The predicted octanol–water partition coefficient (Wildman–Crippen LogP) is 2.28. The average molecular weight is 198 g/mol. The van der Waals surface area contributed by atoms with Gasteiger partial charge in [0.25, 0.3) is 0 Å². The van der Waals surface area contributed by atoms with E-state index in [1.54, 1.807) is 0 Å². The van der Waals surface area contributed by atoms with Crippen molar-refractivity contribution in [1.29, 1.82) is 0 Å². The molecule has 3 atom stereocenters. The van der Waals surface area contributed by atoms with Gasteiger partial charge in [0.2, 0.25) is 0 Å². The summed E-state index contributed by atoms with van der Waals surface area (Å²) in [6.07, 6.45) is 7.97. The molecule has 0 aromatic rings. The summed E-state index contributed by atoms with van der Waals surface area (Å²) in [6, 6.07) is 1.35. The average Bonchev–Trinajstić information content (AvgIpc) is 2.19. The van der Waals surface area contributed by atoms with E-state index >= 15 is 0 Å². The molecule has 0 radical (unpaired) electrons. The second kappa shape index (κ2) is 6.41. The molecule has 0 saturated heterocycles. The molecule has 0 aromatic carbocycles. The Morgan fingerprint density at radius 2 is 2.07 bits per heavy atom. The highest BCUT2D eigenvalue weighted by molar-refractivity contribution is 4.83. The lowest BCUT2D eigenvalue weighted by atomic mass is 9.84. The van der Waals surface area contributed by atoms with Gasteiger partial charge in [-0.25, -0.2) is 0 Å². The van der Waals surface area contributed by atoms with Crippen LogP contribution in [-0.2, 0) is 0 Å². The van der Waals surface area contributed by atoms with Gasteiger partial charge in [-0.3, -0.25) is 0 Å². The van der Waals surface area contributed by atoms with Gasteiger partial charge in [-0.1, -0.05) is 26.2 Å². The summed E-state index contributed by atoms with van der Waals surface area (Å²) in [4.78, 5) is 0. The maximum atomic E-state index is 5.80. The van der Waals surface area contributed by atoms with Crippen LogP contribution in [-0.4, -0.2) is 18.6 Å². The first-order valence-electron chi connectivity index (χ1n) is 6.24. The van der Waals surface area contributed by atoms with Gasteiger partial charge in [-0.15, -0.1) is 0 Å². The lowest BCUT2D eigenvalue weighted by Crippen LogP contribution is -2.45. The van der Waals surface area contributed by atoms with Crippen LogP contribution in [0.1, 0.15) is 52.4 Å². The quantitative estimate of drug-likeness (QED) is 0.711. The third-order valence-corrected chi connectivity index (χ3v) is 3.43. The molecule has 0 amide bonds. The Labute approximate surface area is 88.6 Å². The van der Waals surface area contributed by atoms with Gasteiger partial charge in [0.05, 0.1) is 0 Å². The van der Waals surface area contributed by atoms with Crippen molar-refractivity contribution in [2.75, 3.05) is 6.54 Å². The van der Waals surface area contributed by atoms with Crippen LogP contribution in [0.2, 0.25) is 0 Å². The summed E-state index contributed by atoms with van der Waals surface area (Å²) in [7, 11) is 0. The van der Waals surface area contributed by atoms with Crippen LogP contribution in [0.4, 0.5) is 0 Å². The minimum atomic E-state index is 0.664. The van der Waals surface area contributed by atoms with Gasteiger partial charge in [0.1, 0.15) is 0 Å². The summed E-state index contributed by atoms with van der Waals surface area (Å²) in [6.45, 7) is 5.40. The molecule has 3 N–H and O–H groups in total. The van der Waals surface area contributed by atoms with Crippen LogP contribution >= 0.6 is 0 Å². The monoisotopic (exact) mass is 198 g/mol. The van der Waals surface area contributed by atoms with Gasteiger partial charge in [0.15, 0.2) is 0 Å². The Morgan fingerprint density at radius 3 is 2.71 bits per heavy atom. The molecular formula is C12H26N2. The Balaban J connectivity index is 2.32. The molecule has 0 heterocycles. The van der Waals surface area contributed by atoms with Gasteiger partial charge < -0.3 is 11.1 Å². The van der Waals surface area contributed by atoms with Gasteiger partial charge in [-0.05, 0) is 38.6 Å². The zero-order valence-electron chi connectivity index (χ0n) is 9.76. The van der Waals surface area contributed by atoms with E-state index in [4.69, 9.17) is 5.73 Å². The zero-order chi connectivity index (χ0) is 10.4. The maximum absolute atomic E-state index is 5.80. The van der Waals surface area contributed by atoms with Crippen molar-refractivity contribution < 1.29 is 0 Å². The molecule has 2 heteroatoms. The molecule has 0 aromatic heterocycles. The van der Waals surface area contributed by atoms with Crippen LogP contribution in [0.25, 0.3) is 0 Å². The van der Waals surface area contributed by atoms with Gasteiger partial charge >= 0.3 is 0 Å². The van der Waals surface area contributed by atoms with E-state index in [-0.39, 0.29) is 0 Å². The first-order chi connectivity index (χ1) is 6.77. The first-order valence-corrected chi connectivity index (χ1v) is 6.24. The predicted molar refractivity (Wildman–Crippen MR) is 62.3 cm³/mol. The van der Waals surface area contributed by atoms with E-state index in [2.05, 4.69) is 19.2 Å². The summed E-state index contributed by atoms with van der Waals surface area (Å²) in [5, 5.41) is 3.74. The number of rotatable bonds is 5. The Kier molecular flexibility index (Phi) is 5.49. The normalized spacial score (nSPS) is 30.2. The molecule has 0 spiro atoms. The molecule has 1 rings (SSSR count). The molecule has 3 unspecified atom stereocenters. The van der Waals surface area contributed by atoms with Crippen molar-refractivity contribution in [3.8, 4) is 0 Å². The van der Waals surface area contributed by atoms with Gasteiger partial charge in [0, 0.05) is 12.1 Å². The second-order valence-corrected chi connectivity index (χ2v) is 4.74. The zero-order valence-corrected chi connectivity index (χ0v) is 9.76. The minimum Gasteiger partial charge on any atom is -0.330 e. The Hall–Kier alpha value is -0.0800.